The van der Waals surface area contributed by atoms with Gasteiger partial charge in [-0.3, -0.25) is 9.89 Å². The van der Waals surface area contributed by atoms with Crippen LogP contribution in [0.2, 0.25) is 0 Å². The zero-order valence-corrected chi connectivity index (χ0v) is 13.6. The van der Waals surface area contributed by atoms with Crippen molar-refractivity contribution in [2.24, 2.45) is 0 Å². The van der Waals surface area contributed by atoms with Gasteiger partial charge in [0.05, 0.1) is 24.5 Å². The van der Waals surface area contributed by atoms with Gasteiger partial charge in [-0.25, -0.2) is 0 Å². The number of Topliss-reactive ketones (excluding diaryl/α,β-unsaturated/α-hetero) is 1. The standard InChI is InChI=1S/C18H22N2O3/c1-3-22-16-9-8-12(11-17(16)23-4-2)10-14-18-13(19-20-14)6-5-7-15(18)21/h8-9,11H,3-7,10H2,1-2H3,(H,19,20). The molecule has 1 aromatic heterocycles. The minimum atomic E-state index is 0.200. The number of fused-ring (bicyclic) bond motifs is 1. The Balaban J connectivity index is 1.87. The van der Waals surface area contributed by atoms with Gasteiger partial charge in [-0.15, -0.1) is 0 Å². The topological polar surface area (TPSA) is 64.2 Å². The Kier molecular flexibility index (Phi) is 4.65. The summed E-state index contributed by atoms with van der Waals surface area (Å²) in [6.45, 7) is 5.08. The molecule has 0 amide bonds. The van der Waals surface area contributed by atoms with Crippen LogP contribution in [0.3, 0.4) is 0 Å². The smallest absolute Gasteiger partial charge is 0.166 e. The molecule has 1 aliphatic rings. The van der Waals surface area contributed by atoms with E-state index in [-0.39, 0.29) is 5.78 Å². The summed E-state index contributed by atoms with van der Waals surface area (Å²) in [5.74, 6) is 1.69. The lowest BCUT2D eigenvalue weighted by molar-refractivity contribution is 0.0971. The fraction of sp³-hybridized carbons (Fsp3) is 0.444. The Morgan fingerprint density at radius 3 is 2.70 bits per heavy atom. The van der Waals surface area contributed by atoms with Crippen molar-refractivity contribution in [1.82, 2.24) is 10.2 Å². The van der Waals surface area contributed by atoms with Crippen LogP contribution in [0.5, 0.6) is 11.5 Å². The number of nitrogens with one attached hydrogen (secondary N) is 1. The van der Waals surface area contributed by atoms with E-state index in [0.717, 1.165) is 46.9 Å². The number of ketones is 1. The highest BCUT2D eigenvalue weighted by atomic mass is 16.5. The van der Waals surface area contributed by atoms with Gasteiger partial charge in [0.15, 0.2) is 17.3 Å². The van der Waals surface area contributed by atoms with E-state index in [9.17, 15) is 4.79 Å². The average molecular weight is 314 g/mol. The third-order valence-electron chi connectivity index (χ3n) is 4.01. The molecule has 1 aliphatic carbocycles. The van der Waals surface area contributed by atoms with Crippen LogP contribution < -0.4 is 9.47 Å². The number of carbonyl (C=O) groups excluding carboxylic acids is 1. The number of H-pyrrole nitrogens is 1. The molecule has 23 heavy (non-hydrogen) atoms. The highest BCUT2D eigenvalue weighted by molar-refractivity contribution is 5.99. The fourth-order valence-electron chi connectivity index (χ4n) is 3.01. The van der Waals surface area contributed by atoms with Crippen LogP contribution in [0, 0.1) is 0 Å². The molecule has 0 saturated carbocycles. The first kappa shape index (κ1) is 15.6. The van der Waals surface area contributed by atoms with Crippen LogP contribution >= 0.6 is 0 Å². The normalized spacial score (nSPS) is 13.7. The second kappa shape index (κ2) is 6.86. The lowest BCUT2D eigenvalue weighted by atomic mass is 9.93. The summed E-state index contributed by atoms with van der Waals surface area (Å²) < 4.78 is 11.2. The van der Waals surface area contributed by atoms with Crippen molar-refractivity contribution in [3.63, 3.8) is 0 Å². The summed E-state index contributed by atoms with van der Waals surface area (Å²) in [6, 6.07) is 5.90. The van der Waals surface area contributed by atoms with E-state index in [4.69, 9.17) is 9.47 Å². The van der Waals surface area contributed by atoms with Gasteiger partial charge in [-0.05, 0) is 44.4 Å². The van der Waals surface area contributed by atoms with Gasteiger partial charge in [0.2, 0.25) is 0 Å². The average Bonchev–Trinajstić information content (AvgIpc) is 2.95. The summed E-state index contributed by atoms with van der Waals surface area (Å²) in [6.07, 6.45) is 3.05. The Hall–Kier alpha value is -2.30. The largest absolute Gasteiger partial charge is 0.490 e. The summed E-state index contributed by atoms with van der Waals surface area (Å²) in [5, 5.41) is 7.38. The van der Waals surface area contributed by atoms with Crippen LogP contribution in [0.15, 0.2) is 18.2 Å². The molecule has 1 N–H and O–H groups in total. The van der Waals surface area contributed by atoms with Crippen LogP contribution in [0.25, 0.3) is 0 Å². The maximum absolute atomic E-state index is 12.2. The first-order chi connectivity index (χ1) is 11.2. The molecule has 1 heterocycles. The number of hydrogen-bond acceptors (Lipinski definition) is 4. The first-order valence-electron chi connectivity index (χ1n) is 8.20. The SMILES string of the molecule is CCOc1ccc(Cc2n[nH]c3c2C(=O)CCC3)cc1OCC. The van der Waals surface area contributed by atoms with Crippen LogP contribution in [0.1, 0.15) is 54.0 Å². The number of nitrogens with zero attached hydrogens (tertiary/aromatic N) is 1. The number of ether oxygens (including phenoxy) is 2. The van der Waals surface area contributed by atoms with E-state index in [1.54, 1.807) is 0 Å². The zero-order chi connectivity index (χ0) is 16.2. The summed E-state index contributed by atoms with van der Waals surface area (Å²) in [4.78, 5) is 12.2. The van der Waals surface area contributed by atoms with Crippen molar-refractivity contribution in [1.29, 1.82) is 0 Å². The lowest BCUT2D eigenvalue weighted by Crippen LogP contribution is -2.11. The molecule has 0 bridgehead atoms. The molecule has 1 aromatic carbocycles. The van der Waals surface area contributed by atoms with Crippen molar-refractivity contribution in [3.05, 3.63) is 40.7 Å². The number of aryl methyl sites for hydroxylation is 1. The van der Waals surface area contributed by atoms with Crippen LogP contribution in [-0.2, 0) is 12.8 Å². The quantitative estimate of drug-likeness (QED) is 0.888. The highest BCUT2D eigenvalue weighted by Crippen LogP contribution is 2.30. The Labute approximate surface area is 136 Å². The third-order valence-corrected chi connectivity index (χ3v) is 4.01. The minimum absolute atomic E-state index is 0.200. The maximum atomic E-state index is 12.2. The van der Waals surface area contributed by atoms with E-state index < -0.39 is 0 Å². The summed E-state index contributed by atoms with van der Waals surface area (Å²) in [5.41, 5.74) is 3.66. The van der Waals surface area contributed by atoms with E-state index in [2.05, 4.69) is 10.2 Å². The van der Waals surface area contributed by atoms with E-state index in [1.165, 1.54) is 0 Å². The van der Waals surface area contributed by atoms with Crippen molar-refractivity contribution >= 4 is 5.78 Å². The molecule has 122 valence electrons. The molecule has 3 rings (SSSR count). The van der Waals surface area contributed by atoms with E-state index >= 15 is 0 Å². The Bertz CT molecular complexity index is 706. The lowest BCUT2D eigenvalue weighted by Gasteiger charge is -2.13. The number of rotatable bonds is 6. The van der Waals surface area contributed by atoms with Crippen molar-refractivity contribution < 1.29 is 14.3 Å². The fourth-order valence-corrected chi connectivity index (χ4v) is 3.01. The number of benzene rings is 1. The zero-order valence-electron chi connectivity index (χ0n) is 13.6. The molecular formula is C18H22N2O3. The molecular weight excluding hydrogens is 292 g/mol. The molecule has 0 fully saturated rings. The number of carbonyl (C=O) groups is 1. The van der Waals surface area contributed by atoms with Crippen LogP contribution in [0.4, 0.5) is 0 Å². The molecule has 5 heteroatoms. The van der Waals surface area contributed by atoms with E-state index in [0.29, 0.717) is 26.1 Å². The van der Waals surface area contributed by atoms with Gasteiger partial charge in [-0.2, -0.15) is 5.10 Å². The van der Waals surface area contributed by atoms with E-state index in [1.807, 2.05) is 32.0 Å². The molecule has 0 aliphatic heterocycles. The molecule has 0 radical (unpaired) electrons. The van der Waals surface area contributed by atoms with Gasteiger partial charge in [0.1, 0.15) is 0 Å². The second-order valence-corrected chi connectivity index (χ2v) is 5.62. The highest BCUT2D eigenvalue weighted by Gasteiger charge is 2.24. The Morgan fingerprint density at radius 1 is 1.13 bits per heavy atom. The molecule has 0 unspecified atom stereocenters. The summed E-state index contributed by atoms with van der Waals surface area (Å²) in [7, 11) is 0. The van der Waals surface area contributed by atoms with Gasteiger partial charge < -0.3 is 9.47 Å². The molecule has 0 atom stereocenters. The second-order valence-electron chi connectivity index (χ2n) is 5.62. The van der Waals surface area contributed by atoms with Crippen LogP contribution in [-0.4, -0.2) is 29.2 Å². The van der Waals surface area contributed by atoms with Crippen molar-refractivity contribution in [2.45, 2.75) is 39.5 Å². The van der Waals surface area contributed by atoms with Crippen molar-refractivity contribution in [3.8, 4) is 11.5 Å². The monoisotopic (exact) mass is 314 g/mol. The number of aromatic nitrogens is 2. The van der Waals surface area contributed by atoms with Gasteiger partial charge in [0.25, 0.3) is 0 Å². The molecule has 0 saturated heterocycles. The van der Waals surface area contributed by atoms with Crippen molar-refractivity contribution in [2.75, 3.05) is 13.2 Å². The molecule has 2 aromatic rings. The molecule has 5 nitrogen and oxygen atoms in total. The van der Waals surface area contributed by atoms with Gasteiger partial charge in [-0.1, -0.05) is 6.07 Å². The first-order valence-corrected chi connectivity index (χ1v) is 8.20. The maximum Gasteiger partial charge on any atom is 0.166 e. The number of hydrogen-bond donors (Lipinski definition) is 1. The van der Waals surface area contributed by atoms with Gasteiger partial charge in [0, 0.05) is 18.5 Å². The molecule has 0 spiro atoms. The third kappa shape index (κ3) is 3.23. The predicted octanol–water partition coefficient (Wildman–Crippen LogP) is 3.32. The number of aromatic amines is 1. The minimum Gasteiger partial charge on any atom is -0.490 e. The predicted molar refractivity (Wildman–Crippen MR) is 87.4 cm³/mol. The Morgan fingerprint density at radius 2 is 1.91 bits per heavy atom. The van der Waals surface area contributed by atoms with Gasteiger partial charge >= 0.3 is 0 Å². The summed E-state index contributed by atoms with van der Waals surface area (Å²) >= 11 is 0.